The second-order valence-electron chi connectivity index (χ2n) is 3.21. The summed E-state index contributed by atoms with van der Waals surface area (Å²) in [5.41, 5.74) is 0. The Labute approximate surface area is 89.5 Å². The van der Waals surface area contributed by atoms with Crippen LogP contribution >= 0.6 is 7.82 Å². The third kappa shape index (κ3) is 3.19. The van der Waals surface area contributed by atoms with E-state index in [1.54, 1.807) is 0 Å². The zero-order chi connectivity index (χ0) is 12.5. The van der Waals surface area contributed by atoms with Crippen LogP contribution in [0.25, 0.3) is 0 Å². The fourth-order valence-electron chi connectivity index (χ4n) is 1.29. The molecule has 0 aromatic rings. The van der Waals surface area contributed by atoms with Crippen molar-refractivity contribution < 1.29 is 43.3 Å². The Bertz CT molecular complexity index is 282. The molecular formula is C6H10FO8P-2. The lowest BCUT2D eigenvalue weighted by atomic mass is 10.1. The molecule has 1 aliphatic rings. The number of hydrogen-bond acceptors (Lipinski definition) is 8. The fraction of sp³-hybridized carbons (Fsp3) is 1.00. The van der Waals surface area contributed by atoms with Crippen LogP contribution in [0, 0.1) is 0 Å². The van der Waals surface area contributed by atoms with E-state index in [0.717, 1.165) is 0 Å². The second kappa shape index (κ2) is 5.03. The topological polar surface area (TPSA) is 142 Å². The summed E-state index contributed by atoms with van der Waals surface area (Å²) in [6, 6.07) is 0. The van der Waals surface area contributed by atoms with Crippen LogP contribution in [0.2, 0.25) is 0 Å². The van der Waals surface area contributed by atoms with E-state index in [4.69, 9.17) is 10.2 Å². The monoisotopic (exact) mass is 260 g/mol. The van der Waals surface area contributed by atoms with Crippen molar-refractivity contribution in [2.24, 2.45) is 0 Å². The molecule has 0 unspecified atom stereocenters. The lowest BCUT2D eigenvalue weighted by molar-refractivity contribution is -0.353. The summed E-state index contributed by atoms with van der Waals surface area (Å²) in [7, 11) is -5.46. The molecule has 0 aliphatic carbocycles. The van der Waals surface area contributed by atoms with Gasteiger partial charge in [-0.15, -0.1) is 0 Å². The Hall–Kier alpha value is -0.120. The molecule has 5 atom stereocenters. The first-order valence-electron chi connectivity index (χ1n) is 4.23. The minimum Gasteiger partial charge on any atom is -0.790 e. The molecule has 10 heteroatoms. The van der Waals surface area contributed by atoms with Crippen molar-refractivity contribution >= 4 is 7.82 Å². The summed E-state index contributed by atoms with van der Waals surface area (Å²) in [6.45, 7) is -0.826. The Kier molecular flexibility index (Phi) is 4.38. The number of rotatable bonds is 4. The normalized spacial score (nSPS) is 37.6. The molecule has 1 aliphatic heterocycles. The molecule has 96 valence electrons. The first kappa shape index (κ1) is 13.9. The highest BCUT2D eigenvalue weighted by Crippen LogP contribution is 2.36. The van der Waals surface area contributed by atoms with Gasteiger partial charge in [-0.25, -0.2) is 4.39 Å². The van der Waals surface area contributed by atoms with Crippen molar-refractivity contribution in [2.45, 2.75) is 30.8 Å². The molecule has 1 saturated heterocycles. The van der Waals surface area contributed by atoms with Gasteiger partial charge in [-0.3, -0.25) is 0 Å². The second-order valence-corrected chi connectivity index (χ2v) is 4.31. The molecule has 1 fully saturated rings. The van der Waals surface area contributed by atoms with Gasteiger partial charge in [0.15, 0.2) is 12.5 Å². The van der Waals surface area contributed by atoms with Crippen molar-refractivity contribution in [1.29, 1.82) is 0 Å². The molecule has 16 heavy (non-hydrogen) atoms. The maximum Gasteiger partial charge on any atom is 0.196 e. The van der Waals surface area contributed by atoms with Crippen molar-refractivity contribution in [3.05, 3.63) is 0 Å². The van der Waals surface area contributed by atoms with Crippen LogP contribution in [0.5, 0.6) is 0 Å². The Morgan fingerprint density at radius 1 is 1.56 bits per heavy atom. The van der Waals surface area contributed by atoms with Crippen LogP contribution in [-0.2, 0) is 13.8 Å². The zero-order valence-electron chi connectivity index (χ0n) is 7.80. The van der Waals surface area contributed by atoms with Gasteiger partial charge in [-0.05, 0) is 0 Å². The van der Waals surface area contributed by atoms with E-state index in [0.29, 0.717) is 0 Å². The number of phosphoric acid groups is 1. The summed E-state index contributed by atoms with van der Waals surface area (Å²) in [4.78, 5) is 20.4. The van der Waals surface area contributed by atoms with Gasteiger partial charge < -0.3 is 38.9 Å². The van der Waals surface area contributed by atoms with Crippen molar-refractivity contribution in [3.8, 4) is 0 Å². The van der Waals surface area contributed by atoms with E-state index < -0.39 is 45.2 Å². The van der Waals surface area contributed by atoms with E-state index >= 15 is 0 Å². The lowest BCUT2D eigenvalue weighted by Gasteiger charge is -2.32. The zero-order valence-corrected chi connectivity index (χ0v) is 8.70. The molecule has 0 aromatic heterocycles. The molecular weight excluding hydrogens is 250 g/mol. The quantitative estimate of drug-likeness (QED) is 0.444. The van der Waals surface area contributed by atoms with Gasteiger partial charge in [0.25, 0.3) is 0 Å². The SMILES string of the molecule is O=P([O-])([O-])O[C@H]1O[C@@H]([C@H](O)CO)[C@H](O)[C@H]1F. The molecule has 3 N–H and O–H groups in total. The lowest BCUT2D eigenvalue weighted by Crippen LogP contribution is -2.39. The molecule has 1 heterocycles. The summed E-state index contributed by atoms with van der Waals surface area (Å²) in [5.74, 6) is 0. The minimum absolute atomic E-state index is 0.826. The average molecular weight is 260 g/mol. The van der Waals surface area contributed by atoms with E-state index in [9.17, 15) is 23.8 Å². The molecule has 0 radical (unpaired) electrons. The number of ether oxygens (including phenoxy) is 1. The largest absolute Gasteiger partial charge is 0.790 e. The van der Waals surface area contributed by atoms with Crippen molar-refractivity contribution in [1.82, 2.24) is 0 Å². The predicted molar refractivity (Wildman–Crippen MR) is 41.3 cm³/mol. The molecule has 0 spiro atoms. The highest BCUT2D eigenvalue weighted by atomic mass is 31.2. The molecule has 0 saturated carbocycles. The standard InChI is InChI=1S/C6H12FO8P/c7-3-4(10)5(2(9)1-8)14-6(3)15-16(11,12)13/h2-6,8-10H,1H2,(H2,11,12,13)/p-2/t2-,3-,4-,5+,6-/m1/s1. The van der Waals surface area contributed by atoms with Gasteiger partial charge in [-0.2, -0.15) is 0 Å². The number of alkyl halides is 1. The third-order valence-electron chi connectivity index (χ3n) is 2.01. The fourth-order valence-corrected chi connectivity index (χ4v) is 1.71. The van der Waals surface area contributed by atoms with Crippen LogP contribution < -0.4 is 9.79 Å². The van der Waals surface area contributed by atoms with E-state index in [1.165, 1.54) is 0 Å². The third-order valence-corrected chi connectivity index (χ3v) is 2.48. The van der Waals surface area contributed by atoms with Crippen LogP contribution in [0.4, 0.5) is 4.39 Å². The van der Waals surface area contributed by atoms with Gasteiger partial charge >= 0.3 is 0 Å². The Morgan fingerprint density at radius 3 is 2.56 bits per heavy atom. The van der Waals surface area contributed by atoms with Crippen LogP contribution in [0.3, 0.4) is 0 Å². The van der Waals surface area contributed by atoms with Crippen LogP contribution in [0.1, 0.15) is 0 Å². The smallest absolute Gasteiger partial charge is 0.196 e. The number of halogens is 1. The Morgan fingerprint density at radius 2 is 2.12 bits per heavy atom. The first-order valence-corrected chi connectivity index (χ1v) is 5.69. The van der Waals surface area contributed by atoms with E-state index in [1.807, 2.05) is 0 Å². The average Bonchev–Trinajstić information content (AvgIpc) is 2.43. The van der Waals surface area contributed by atoms with Gasteiger partial charge in [-0.1, -0.05) is 0 Å². The van der Waals surface area contributed by atoms with Gasteiger partial charge in [0.1, 0.15) is 18.3 Å². The predicted octanol–water partition coefficient (Wildman–Crippen LogP) is -3.39. The van der Waals surface area contributed by atoms with E-state index in [-0.39, 0.29) is 0 Å². The van der Waals surface area contributed by atoms with Gasteiger partial charge in [0.2, 0.25) is 0 Å². The Balaban J connectivity index is 2.68. The first-order chi connectivity index (χ1) is 7.26. The number of phosphoric ester groups is 1. The van der Waals surface area contributed by atoms with Crippen LogP contribution in [-0.4, -0.2) is 52.7 Å². The maximum atomic E-state index is 13.2. The number of aliphatic hydroxyl groups is 3. The molecule has 0 bridgehead atoms. The maximum absolute atomic E-state index is 13.2. The highest BCUT2D eigenvalue weighted by Gasteiger charge is 2.48. The van der Waals surface area contributed by atoms with E-state index in [2.05, 4.69) is 9.26 Å². The molecule has 1 rings (SSSR count). The summed E-state index contributed by atoms with van der Waals surface area (Å²) in [5, 5.41) is 26.8. The molecule has 0 aromatic carbocycles. The summed E-state index contributed by atoms with van der Waals surface area (Å²) < 4.78 is 31.5. The van der Waals surface area contributed by atoms with Crippen LogP contribution in [0.15, 0.2) is 0 Å². The van der Waals surface area contributed by atoms with Gasteiger partial charge in [0, 0.05) is 0 Å². The summed E-state index contributed by atoms with van der Waals surface area (Å²) >= 11 is 0. The number of aliphatic hydroxyl groups excluding tert-OH is 3. The minimum atomic E-state index is -5.46. The van der Waals surface area contributed by atoms with Crippen molar-refractivity contribution in [2.75, 3.05) is 6.61 Å². The molecule has 0 amide bonds. The highest BCUT2D eigenvalue weighted by molar-refractivity contribution is 7.43. The van der Waals surface area contributed by atoms with Gasteiger partial charge in [0.05, 0.1) is 14.4 Å². The molecule has 8 nitrogen and oxygen atoms in total. The van der Waals surface area contributed by atoms with Crippen molar-refractivity contribution in [3.63, 3.8) is 0 Å². The number of hydrogen-bond donors (Lipinski definition) is 3. The summed E-state index contributed by atoms with van der Waals surface area (Å²) in [6.07, 6.45) is -9.47.